The fourth-order valence-corrected chi connectivity index (χ4v) is 5.85. The smallest absolute Gasteiger partial charge is 0.337 e. The summed E-state index contributed by atoms with van der Waals surface area (Å²) in [6, 6.07) is 11.1. The number of piperidine rings is 1. The Hall–Kier alpha value is -3.21. The summed E-state index contributed by atoms with van der Waals surface area (Å²) < 4.78 is 7.86. The molecular weight excluding hydrogens is 502 g/mol. The number of amides is 1. The molecule has 0 spiro atoms. The van der Waals surface area contributed by atoms with Crippen LogP contribution in [-0.4, -0.2) is 61.8 Å². The summed E-state index contributed by atoms with van der Waals surface area (Å²) in [5, 5.41) is 17.0. The number of nitrogens with zero attached hydrogens (tertiary/aromatic N) is 4. The Morgan fingerprint density at radius 1 is 1.17 bits per heavy atom. The third-order valence-corrected chi connectivity index (χ3v) is 8.08. The van der Waals surface area contributed by atoms with Crippen LogP contribution in [0.1, 0.15) is 52.4 Å². The Kier molecular flexibility index (Phi) is 6.02. The zero-order valence-corrected chi connectivity index (χ0v) is 20.9. The Balaban J connectivity index is 1.30. The molecule has 1 amide bonds. The van der Waals surface area contributed by atoms with E-state index in [1.165, 1.54) is 30.2 Å². The molecule has 2 aliphatic rings. The van der Waals surface area contributed by atoms with Crippen molar-refractivity contribution in [3.63, 3.8) is 0 Å². The third kappa shape index (κ3) is 4.52. The van der Waals surface area contributed by atoms with Crippen LogP contribution >= 0.6 is 22.9 Å². The molecule has 1 aliphatic heterocycles. The van der Waals surface area contributed by atoms with Crippen molar-refractivity contribution >= 4 is 45.8 Å². The quantitative estimate of drug-likeness (QED) is 0.365. The second kappa shape index (κ2) is 9.34. The van der Waals surface area contributed by atoms with E-state index in [1.807, 2.05) is 6.07 Å². The van der Waals surface area contributed by atoms with E-state index < -0.39 is 5.97 Å². The first-order valence-electron chi connectivity index (χ1n) is 11.9. The number of likely N-dealkylation sites (tertiary alicyclic amines) is 1. The van der Waals surface area contributed by atoms with E-state index in [4.69, 9.17) is 16.1 Å². The Morgan fingerprint density at radius 3 is 2.67 bits per heavy atom. The van der Waals surface area contributed by atoms with Gasteiger partial charge in [-0.1, -0.05) is 22.8 Å². The number of carboxylic acids is 1. The number of halogens is 1. The molecule has 186 valence electrons. The zero-order chi connectivity index (χ0) is 24.8. The predicted octanol–water partition coefficient (Wildman–Crippen LogP) is 4.51. The van der Waals surface area contributed by atoms with E-state index in [9.17, 15) is 14.7 Å². The van der Waals surface area contributed by atoms with Gasteiger partial charge in [0.1, 0.15) is 11.2 Å². The molecule has 0 bridgehead atoms. The number of hydrogen-bond donors (Lipinski definition) is 2. The van der Waals surface area contributed by atoms with Gasteiger partial charge in [-0.2, -0.15) is 0 Å². The maximum Gasteiger partial charge on any atom is 0.337 e. The van der Waals surface area contributed by atoms with E-state index in [-0.39, 0.29) is 35.4 Å². The van der Waals surface area contributed by atoms with Crippen molar-refractivity contribution in [1.82, 2.24) is 24.9 Å². The molecule has 3 aromatic heterocycles. The van der Waals surface area contributed by atoms with E-state index in [2.05, 4.69) is 20.4 Å². The van der Waals surface area contributed by atoms with Gasteiger partial charge in [-0.25, -0.2) is 9.78 Å². The van der Waals surface area contributed by atoms with Crippen LogP contribution < -0.4 is 5.32 Å². The number of benzene rings is 1. The Labute approximate surface area is 215 Å². The van der Waals surface area contributed by atoms with Gasteiger partial charge in [0.05, 0.1) is 26.8 Å². The second-order valence-electron chi connectivity index (χ2n) is 9.30. The van der Waals surface area contributed by atoms with Crippen molar-refractivity contribution in [1.29, 1.82) is 0 Å². The van der Waals surface area contributed by atoms with Crippen LogP contribution in [0.3, 0.4) is 0 Å². The standard InChI is InChI=1S/C25H24ClN5O4S/c26-21-7-6-20(36-21)19-12-15(29-35-19)13-31-18-3-1-2-17(25(33)34)22(18)28-23(31)24(32)27-14-8-10-30(11-9-14)16-4-5-16/h1-3,6-7,12,14,16H,4-5,8-11,13H2,(H,27,32)(H,33,34). The Morgan fingerprint density at radius 2 is 1.97 bits per heavy atom. The van der Waals surface area contributed by atoms with Gasteiger partial charge in [-0.3, -0.25) is 4.79 Å². The predicted molar refractivity (Wildman–Crippen MR) is 136 cm³/mol. The lowest BCUT2D eigenvalue weighted by molar-refractivity contribution is 0.0698. The van der Waals surface area contributed by atoms with E-state index in [1.54, 1.807) is 28.8 Å². The number of carboxylic acid groups (broad SMARTS) is 1. The first-order valence-corrected chi connectivity index (χ1v) is 13.1. The number of para-hydroxylation sites is 1. The molecule has 2 fully saturated rings. The molecule has 2 N–H and O–H groups in total. The van der Waals surface area contributed by atoms with Crippen LogP contribution in [0.2, 0.25) is 4.34 Å². The molecule has 11 heteroatoms. The molecule has 1 aromatic carbocycles. The SMILES string of the molecule is O=C(O)c1cccc2c1nc(C(=O)NC1CCN(C3CC3)CC1)n2Cc1cc(-c2ccc(Cl)s2)on1. The summed E-state index contributed by atoms with van der Waals surface area (Å²) in [6.07, 6.45) is 4.32. The fourth-order valence-electron chi connectivity index (χ4n) is 4.86. The molecule has 1 saturated carbocycles. The molecule has 6 rings (SSSR count). The number of rotatable bonds is 7. The number of aromatic carboxylic acids is 1. The van der Waals surface area contributed by atoms with E-state index in [0.717, 1.165) is 36.9 Å². The number of thiophene rings is 1. The molecular formula is C25H24ClN5O4S. The minimum absolute atomic E-state index is 0.0483. The molecule has 4 heterocycles. The molecule has 0 atom stereocenters. The second-order valence-corrected chi connectivity index (χ2v) is 11.0. The number of imidazole rings is 1. The zero-order valence-electron chi connectivity index (χ0n) is 19.3. The molecule has 0 radical (unpaired) electrons. The Bertz CT molecular complexity index is 1450. The lowest BCUT2D eigenvalue weighted by atomic mass is 10.0. The lowest BCUT2D eigenvalue weighted by Crippen LogP contribution is -2.45. The van der Waals surface area contributed by atoms with Gasteiger partial charge in [0.15, 0.2) is 11.6 Å². The summed E-state index contributed by atoms with van der Waals surface area (Å²) in [6.45, 7) is 2.15. The van der Waals surface area contributed by atoms with Crippen molar-refractivity contribution in [3.05, 3.63) is 57.8 Å². The minimum atomic E-state index is -1.09. The van der Waals surface area contributed by atoms with Gasteiger partial charge in [-0.05, 0) is 49.9 Å². The number of carbonyl (C=O) groups excluding carboxylic acids is 1. The maximum atomic E-state index is 13.4. The molecule has 1 aliphatic carbocycles. The van der Waals surface area contributed by atoms with Crippen molar-refractivity contribution < 1.29 is 19.2 Å². The van der Waals surface area contributed by atoms with Crippen molar-refractivity contribution in [2.75, 3.05) is 13.1 Å². The number of nitrogens with one attached hydrogen (secondary N) is 1. The molecule has 0 unspecified atom stereocenters. The van der Waals surface area contributed by atoms with E-state index in [0.29, 0.717) is 21.3 Å². The van der Waals surface area contributed by atoms with Gasteiger partial charge in [0, 0.05) is 31.2 Å². The highest BCUT2D eigenvalue weighted by molar-refractivity contribution is 7.19. The lowest BCUT2D eigenvalue weighted by Gasteiger charge is -2.32. The first-order chi connectivity index (χ1) is 17.5. The minimum Gasteiger partial charge on any atom is -0.478 e. The number of fused-ring (bicyclic) bond motifs is 1. The van der Waals surface area contributed by atoms with Crippen LogP contribution in [0.25, 0.3) is 21.7 Å². The number of aromatic nitrogens is 3. The first kappa shape index (κ1) is 23.2. The largest absolute Gasteiger partial charge is 0.478 e. The molecule has 1 saturated heterocycles. The number of hydrogen-bond acceptors (Lipinski definition) is 7. The van der Waals surface area contributed by atoms with Gasteiger partial charge in [-0.15, -0.1) is 11.3 Å². The summed E-state index contributed by atoms with van der Waals surface area (Å²) in [4.78, 5) is 33.1. The van der Waals surface area contributed by atoms with Crippen LogP contribution in [0.5, 0.6) is 0 Å². The maximum absolute atomic E-state index is 13.4. The highest BCUT2D eigenvalue weighted by atomic mass is 35.5. The normalized spacial score (nSPS) is 17.0. The molecule has 4 aromatic rings. The third-order valence-electron chi connectivity index (χ3n) is 6.84. The average Bonchev–Trinajstić information content (AvgIpc) is 3.28. The number of carbonyl (C=O) groups is 2. The van der Waals surface area contributed by atoms with Crippen LogP contribution in [0.15, 0.2) is 40.9 Å². The van der Waals surface area contributed by atoms with Crippen LogP contribution in [0.4, 0.5) is 0 Å². The fraction of sp³-hybridized carbons (Fsp3) is 0.360. The van der Waals surface area contributed by atoms with Gasteiger partial charge in [0.2, 0.25) is 0 Å². The summed E-state index contributed by atoms with van der Waals surface area (Å²) in [5.74, 6) is -0.679. The van der Waals surface area contributed by atoms with E-state index >= 15 is 0 Å². The molecule has 9 nitrogen and oxygen atoms in total. The van der Waals surface area contributed by atoms with Gasteiger partial charge < -0.3 is 24.4 Å². The monoisotopic (exact) mass is 525 g/mol. The highest BCUT2D eigenvalue weighted by Gasteiger charge is 2.33. The van der Waals surface area contributed by atoms with Crippen molar-refractivity contribution in [2.24, 2.45) is 0 Å². The van der Waals surface area contributed by atoms with Crippen LogP contribution in [0, 0.1) is 0 Å². The topological polar surface area (TPSA) is 113 Å². The van der Waals surface area contributed by atoms with Gasteiger partial charge >= 0.3 is 5.97 Å². The van der Waals surface area contributed by atoms with Gasteiger partial charge in [0.25, 0.3) is 5.91 Å². The summed E-state index contributed by atoms with van der Waals surface area (Å²) >= 11 is 7.43. The van der Waals surface area contributed by atoms with Crippen molar-refractivity contribution in [3.8, 4) is 10.6 Å². The van der Waals surface area contributed by atoms with Crippen molar-refractivity contribution in [2.45, 2.75) is 44.3 Å². The highest BCUT2D eigenvalue weighted by Crippen LogP contribution is 2.32. The van der Waals surface area contributed by atoms with Crippen LogP contribution in [-0.2, 0) is 6.54 Å². The summed E-state index contributed by atoms with van der Waals surface area (Å²) in [7, 11) is 0. The molecule has 36 heavy (non-hydrogen) atoms. The summed E-state index contributed by atoms with van der Waals surface area (Å²) in [5.41, 5.74) is 1.45. The average molecular weight is 526 g/mol.